The molecule has 0 atom stereocenters. The Labute approximate surface area is 112 Å². The lowest BCUT2D eigenvalue weighted by Crippen LogP contribution is -2.35. The van der Waals surface area contributed by atoms with Crippen LogP contribution < -0.4 is 10.6 Å². The van der Waals surface area contributed by atoms with E-state index in [2.05, 4.69) is 15.6 Å². The minimum absolute atomic E-state index is 0.241. The fraction of sp³-hybridized carbons (Fsp3) is 0.583. The Bertz CT molecular complexity index is 409. The summed E-state index contributed by atoms with van der Waals surface area (Å²) in [4.78, 5) is 26.6. The second-order valence-electron chi connectivity index (χ2n) is 4.98. The van der Waals surface area contributed by atoms with E-state index >= 15 is 0 Å². The third-order valence-electron chi connectivity index (χ3n) is 2.04. The van der Waals surface area contributed by atoms with Gasteiger partial charge in [0.15, 0.2) is 0 Å². The standard InChI is InChI=1S/C12H20N4O3/c1-12(2,3)19-11(18)15-6-4-5-14-10(17)16-8-7-13-9-16/h7-9H,4-6H2,1-3H3,(H,14,17)(H,15,18). The molecule has 0 bridgehead atoms. The molecule has 2 N–H and O–H groups in total. The number of carbonyl (C=O) groups excluding carboxylic acids is 2. The number of hydrogen-bond donors (Lipinski definition) is 2. The van der Waals surface area contributed by atoms with Crippen molar-refractivity contribution in [3.05, 3.63) is 18.7 Å². The van der Waals surface area contributed by atoms with Crippen molar-refractivity contribution in [3.63, 3.8) is 0 Å². The number of nitrogens with zero attached hydrogens (tertiary/aromatic N) is 2. The molecule has 7 heteroatoms. The zero-order chi connectivity index (χ0) is 14.3. The quantitative estimate of drug-likeness (QED) is 0.807. The predicted molar refractivity (Wildman–Crippen MR) is 69.9 cm³/mol. The zero-order valence-electron chi connectivity index (χ0n) is 11.5. The molecular formula is C12H20N4O3. The Morgan fingerprint density at radius 2 is 1.95 bits per heavy atom. The first-order valence-electron chi connectivity index (χ1n) is 6.11. The highest BCUT2D eigenvalue weighted by atomic mass is 16.6. The Morgan fingerprint density at radius 3 is 2.53 bits per heavy atom. The molecule has 1 rings (SSSR count). The van der Waals surface area contributed by atoms with Crippen LogP contribution in [0, 0.1) is 0 Å². The summed E-state index contributed by atoms with van der Waals surface area (Å²) in [6, 6.07) is -0.241. The number of imidazole rings is 1. The molecule has 0 unspecified atom stereocenters. The molecule has 1 heterocycles. The largest absolute Gasteiger partial charge is 0.444 e. The van der Waals surface area contributed by atoms with Crippen molar-refractivity contribution in [2.75, 3.05) is 13.1 Å². The number of hydrogen-bond acceptors (Lipinski definition) is 4. The molecule has 0 saturated carbocycles. The van der Waals surface area contributed by atoms with E-state index in [-0.39, 0.29) is 6.03 Å². The van der Waals surface area contributed by atoms with Crippen LogP contribution in [0.5, 0.6) is 0 Å². The first kappa shape index (κ1) is 15.0. The second-order valence-corrected chi connectivity index (χ2v) is 4.98. The molecule has 1 aromatic rings. The van der Waals surface area contributed by atoms with Crippen molar-refractivity contribution in [1.29, 1.82) is 0 Å². The van der Waals surface area contributed by atoms with Gasteiger partial charge in [0.2, 0.25) is 0 Å². The second kappa shape index (κ2) is 6.77. The van der Waals surface area contributed by atoms with Gasteiger partial charge in [0.05, 0.1) is 0 Å². The molecule has 7 nitrogen and oxygen atoms in total. The normalized spacial score (nSPS) is 10.9. The highest BCUT2D eigenvalue weighted by Gasteiger charge is 2.15. The van der Waals surface area contributed by atoms with Gasteiger partial charge in [-0.3, -0.25) is 4.57 Å². The summed E-state index contributed by atoms with van der Waals surface area (Å²) in [5.74, 6) is 0. The van der Waals surface area contributed by atoms with Crippen molar-refractivity contribution < 1.29 is 14.3 Å². The molecule has 2 amide bonds. The van der Waals surface area contributed by atoms with Gasteiger partial charge in [0.25, 0.3) is 0 Å². The number of rotatable bonds is 4. The van der Waals surface area contributed by atoms with Crippen LogP contribution in [-0.2, 0) is 4.74 Å². The third-order valence-corrected chi connectivity index (χ3v) is 2.04. The number of carbonyl (C=O) groups is 2. The minimum Gasteiger partial charge on any atom is -0.444 e. The number of nitrogens with one attached hydrogen (secondary N) is 2. The first-order valence-corrected chi connectivity index (χ1v) is 6.11. The SMILES string of the molecule is CC(C)(C)OC(=O)NCCCNC(=O)n1ccnc1. The molecule has 0 saturated heterocycles. The molecule has 0 spiro atoms. The maximum absolute atomic E-state index is 11.5. The van der Waals surface area contributed by atoms with Gasteiger partial charge < -0.3 is 15.4 Å². The summed E-state index contributed by atoms with van der Waals surface area (Å²) in [5, 5.41) is 5.32. The lowest BCUT2D eigenvalue weighted by atomic mass is 10.2. The number of amides is 2. The third kappa shape index (κ3) is 6.44. The highest BCUT2D eigenvalue weighted by molar-refractivity contribution is 5.76. The van der Waals surface area contributed by atoms with E-state index in [1.807, 2.05) is 0 Å². The number of alkyl carbamates (subject to hydrolysis) is 1. The molecular weight excluding hydrogens is 248 g/mol. The van der Waals surface area contributed by atoms with E-state index in [1.54, 1.807) is 27.0 Å². The van der Waals surface area contributed by atoms with Crippen molar-refractivity contribution >= 4 is 12.1 Å². The van der Waals surface area contributed by atoms with E-state index in [9.17, 15) is 9.59 Å². The van der Waals surface area contributed by atoms with Crippen LogP contribution in [0.15, 0.2) is 18.7 Å². The van der Waals surface area contributed by atoms with Gasteiger partial charge in [0, 0.05) is 25.5 Å². The fourth-order valence-electron chi connectivity index (χ4n) is 1.26. The van der Waals surface area contributed by atoms with Crippen LogP contribution in [0.25, 0.3) is 0 Å². The van der Waals surface area contributed by atoms with Crippen molar-refractivity contribution in [1.82, 2.24) is 20.2 Å². The fourth-order valence-corrected chi connectivity index (χ4v) is 1.26. The van der Waals surface area contributed by atoms with Gasteiger partial charge in [-0.25, -0.2) is 14.6 Å². The van der Waals surface area contributed by atoms with Crippen molar-refractivity contribution in [2.24, 2.45) is 0 Å². The maximum atomic E-state index is 11.5. The summed E-state index contributed by atoms with van der Waals surface area (Å²) in [7, 11) is 0. The average Bonchev–Trinajstić information content (AvgIpc) is 2.79. The Balaban J connectivity index is 2.09. The highest BCUT2D eigenvalue weighted by Crippen LogP contribution is 2.06. The van der Waals surface area contributed by atoms with E-state index in [0.29, 0.717) is 19.5 Å². The zero-order valence-corrected chi connectivity index (χ0v) is 11.5. The Morgan fingerprint density at radius 1 is 1.26 bits per heavy atom. The van der Waals surface area contributed by atoms with E-state index in [1.165, 1.54) is 17.1 Å². The molecule has 106 valence electrons. The predicted octanol–water partition coefficient (Wildman–Crippen LogP) is 1.36. The van der Waals surface area contributed by atoms with Gasteiger partial charge in [-0.2, -0.15) is 0 Å². The van der Waals surface area contributed by atoms with Gasteiger partial charge in [-0.1, -0.05) is 0 Å². The lowest BCUT2D eigenvalue weighted by molar-refractivity contribution is 0.0527. The molecule has 0 aromatic carbocycles. The Kier molecular flexibility index (Phi) is 5.35. The van der Waals surface area contributed by atoms with E-state index in [0.717, 1.165) is 0 Å². The molecule has 0 aliphatic rings. The molecule has 19 heavy (non-hydrogen) atoms. The molecule has 1 aromatic heterocycles. The van der Waals surface area contributed by atoms with E-state index < -0.39 is 11.7 Å². The number of ether oxygens (including phenoxy) is 1. The lowest BCUT2D eigenvalue weighted by Gasteiger charge is -2.19. The van der Waals surface area contributed by atoms with E-state index in [4.69, 9.17) is 4.74 Å². The number of aromatic nitrogens is 2. The Hall–Kier alpha value is -2.05. The maximum Gasteiger partial charge on any atom is 0.407 e. The van der Waals surface area contributed by atoms with Crippen LogP contribution in [0.1, 0.15) is 27.2 Å². The summed E-state index contributed by atoms with van der Waals surface area (Å²) < 4.78 is 6.42. The van der Waals surface area contributed by atoms with Crippen LogP contribution >= 0.6 is 0 Å². The first-order chi connectivity index (χ1) is 8.88. The van der Waals surface area contributed by atoms with Crippen molar-refractivity contribution in [2.45, 2.75) is 32.8 Å². The van der Waals surface area contributed by atoms with Gasteiger partial charge >= 0.3 is 12.1 Å². The topological polar surface area (TPSA) is 85.3 Å². The van der Waals surface area contributed by atoms with Crippen LogP contribution in [-0.4, -0.2) is 40.4 Å². The summed E-state index contributed by atoms with van der Waals surface area (Å²) >= 11 is 0. The van der Waals surface area contributed by atoms with Crippen LogP contribution in [0.3, 0.4) is 0 Å². The van der Waals surface area contributed by atoms with Gasteiger partial charge in [-0.15, -0.1) is 0 Å². The van der Waals surface area contributed by atoms with Crippen LogP contribution in [0.2, 0.25) is 0 Å². The smallest absolute Gasteiger partial charge is 0.407 e. The monoisotopic (exact) mass is 268 g/mol. The molecule has 0 radical (unpaired) electrons. The molecule has 0 aliphatic heterocycles. The summed E-state index contributed by atoms with van der Waals surface area (Å²) in [6.07, 6.45) is 4.69. The summed E-state index contributed by atoms with van der Waals surface area (Å²) in [6.45, 7) is 6.32. The molecule has 0 fully saturated rings. The average molecular weight is 268 g/mol. The van der Waals surface area contributed by atoms with Gasteiger partial charge in [-0.05, 0) is 27.2 Å². The minimum atomic E-state index is -0.500. The van der Waals surface area contributed by atoms with Crippen molar-refractivity contribution in [3.8, 4) is 0 Å². The van der Waals surface area contributed by atoms with Crippen LogP contribution in [0.4, 0.5) is 9.59 Å². The summed E-state index contributed by atoms with van der Waals surface area (Å²) in [5.41, 5.74) is -0.500. The molecule has 0 aliphatic carbocycles. The van der Waals surface area contributed by atoms with Gasteiger partial charge in [0.1, 0.15) is 11.9 Å².